The average molecular weight is 1430 g/mol. The molecule has 6 amide bonds. The second-order valence-corrected chi connectivity index (χ2v) is 26.0. The summed E-state index contributed by atoms with van der Waals surface area (Å²) in [4.78, 5) is 89.0. The molecule has 2 aliphatic carbocycles. The molecule has 3 aromatic rings. The van der Waals surface area contributed by atoms with E-state index in [-0.39, 0.29) is 142 Å². The number of hydrogen-bond acceptors (Lipinski definition) is 18. The van der Waals surface area contributed by atoms with Crippen LogP contribution in [0.2, 0.25) is 0 Å². The van der Waals surface area contributed by atoms with Crippen LogP contribution in [0.5, 0.6) is 34.5 Å². The number of methoxy groups -OCH3 is 2. The summed E-state index contributed by atoms with van der Waals surface area (Å²) in [7, 11) is 10.4. The van der Waals surface area contributed by atoms with Gasteiger partial charge in [0.05, 0.1) is 74.0 Å². The van der Waals surface area contributed by atoms with Crippen molar-refractivity contribution in [3.8, 4) is 34.5 Å². The predicted octanol–water partition coefficient (Wildman–Crippen LogP) is 3.36. The summed E-state index contributed by atoms with van der Waals surface area (Å²) in [5.74, 6) is -1.64. The van der Waals surface area contributed by atoms with Gasteiger partial charge in [-0.1, -0.05) is 0 Å². The third-order valence-corrected chi connectivity index (χ3v) is 17.2. The second-order valence-electron chi connectivity index (χ2n) is 26.0. The highest BCUT2D eigenvalue weighted by Crippen LogP contribution is 2.35. The fourth-order valence-electron chi connectivity index (χ4n) is 11.6. The molecule has 0 saturated heterocycles. The molecule has 0 spiro atoms. The van der Waals surface area contributed by atoms with Crippen molar-refractivity contribution >= 4 is 59.3 Å². The fraction of sp³-hybridized carbons (Fsp3) is 0.600. The molecule has 2 aliphatic rings. The number of benzene rings is 3. The third-order valence-electron chi connectivity index (χ3n) is 17.2. The molecule has 566 valence electrons. The largest absolute Gasteiger partial charge is 0.496 e. The topological polar surface area (TPSA) is 484 Å². The van der Waals surface area contributed by atoms with Gasteiger partial charge in [0.25, 0.3) is 35.4 Å². The van der Waals surface area contributed by atoms with Crippen molar-refractivity contribution in [2.24, 2.45) is 22.9 Å². The van der Waals surface area contributed by atoms with Crippen molar-refractivity contribution in [2.75, 3.05) is 121 Å². The summed E-state index contributed by atoms with van der Waals surface area (Å²) in [5.41, 5.74) is 22.7. The van der Waals surface area contributed by atoms with E-state index in [1.54, 1.807) is 12.1 Å². The lowest BCUT2D eigenvalue weighted by Crippen LogP contribution is -2.44. The summed E-state index contributed by atoms with van der Waals surface area (Å²) in [6.07, 6.45) is 12.6. The van der Waals surface area contributed by atoms with Gasteiger partial charge in [0.1, 0.15) is 34.5 Å². The molecule has 0 atom stereocenters. The summed E-state index contributed by atoms with van der Waals surface area (Å²) in [6.45, 7) is 5.06. The summed E-state index contributed by atoms with van der Waals surface area (Å²) in [6, 6.07) is 8.02. The minimum Gasteiger partial charge on any atom is -0.496 e. The van der Waals surface area contributed by atoms with Crippen molar-refractivity contribution in [2.45, 2.75) is 153 Å². The molecule has 22 N–H and O–H groups in total. The Bertz CT molecular complexity index is 3020. The predicted molar refractivity (Wildman–Crippen MR) is 393 cm³/mol. The number of ether oxygens (including phenoxy) is 6. The highest BCUT2D eigenvalue weighted by Gasteiger charge is 2.32. The molecule has 0 bridgehead atoms. The summed E-state index contributed by atoms with van der Waals surface area (Å²) >= 11 is 0. The molecule has 0 aromatic heterocycles. The Morgan fingerprint density at radius 1 is 0.333 bits per heavy atom. The van der Waals surface area contributed by atoms with Crippen LogP contribution in [0.4, 0.5) is 0 Å². The number of likely N-dealkylation sites (N-methyl/N-ethyl adjacent to an activating group) is 2. The lowest BCUT2D eigenvalue weighted by atomic mass is 9.90. The molecule has 0 radical (unpaired) electrons. The Balaban J connectivity index is 1.25. The zero-order valence-electron chi connectivity index (χ0n) is 60.5. The minimum absolute atomic E-state index is 0.0988. The lowest BCUT2D eigenvalue weighted by Gasteiger charge is -2.30. The number of carbonyl (C=O) groups is 6. The van der Waals surface area contributed by atoms with Crippen LogP contribution in [0.25, 0.3) is 0 Å². The van der Waals surface area contributed by atoms with Gasteiger partial charge >= 0.3 is 0 Å². The SMILES string of the molecule is COc1cc(OC)c(C(=O)N[C@H]2CC[C@H](NC(=O)c3cc(C(=O)NCCN(C)C)c(OCCCCCNC(=N)N)cc3OCCCCCNC(=N)N)CC2)cc1C(=O)NC1CCC(NC(=O)c2cc(C(=O)NCCN(C)C)c(OCCCCCNC(=N)N)cc2OCCCCCNC(=N)N)CC1. The first kappa shape index (κ1) is 82.9. The molecule has 0 heterocycles. The molecule has 32 nitrogen and oxygen atoms in total. The highest BCUT2D eigenvalue weighted by atomic mass is 16.5. The molecule has 5 rings (SSSR count). The van der Waals surface area contributed by atoms with Crippen LogP contribution in [0.3, 0.4) is 0 Å². The lowest BCUT2D eigenvalue weighted by molar-refractivity contribution is 0.0882. The third kappa shape index (κ3) is 30.2. The molecule has 3 aromatic carbocycles. The Labute approximate surface area is 599 Å². The van der Waals surface area contributed by atoms with Gasteiger partial charge in [-0.25, -0.2) is 0 Å². The van der Waals surface area contributed by atoms with Crippen molar-refractivity contribution in [3.05, 3.63) is 69.8 Å². The van der Waals surface area contributed by atoms with Crippen molar-refractivity contribution in [1.29, 1.82) is 21.6 Å². The molecule has 0 aliphatic heterocycles. The average Bonchev–Trinajstić information content (AvgIpc) is 0.814. The van der Waals surface area contributed by atoms with Gasteiger partial charge in [-0.3, -0.25) is 50.4 Å². The Hall–Kier alpha value is -9.72. The van der Waals surface area contributed by atoms with E-state index in [9.17, 15) is 28.8 Å². The molecule has 102 heavy (non-hydrogen) atoms. The molecule has 2 fully saturated rings. The fourth-order valence-corrected chi connectivity index (χ4v) is 11.6. The first-order valence-electron chi connectivity index (χ1n) is 35.5. The Kier molecular flexibility index (Phi) is 36.8. The van der Waals surface area contributed by atoms with E-state index in [4.69, 9.17) is 73.0 Å². The van der Waals surface area contributed by atoms with Gasteiger partial charge in [0, 0.05) is 94.7 Å². The van der Waals surface area contributed by atoms with Crippen LogP contribution in [0.1, 0.15) is 191 Å². The number of unbranched alkanes of at least 4 members (excludes halogenated alkanes) is 8. The monoisotopic (exact) mass is 1430 g/mol. The number of carbonyl (C=O) groups excluding carboxylic acids is 6. The van der Waals surface area contributed by atoms with E-state index in [2.05, 4.69) is 53.2 Å². The number of nitrogens with zero attached hydrogens (tertiary/aromatic N) is 2. The number of guanidine groups is 4. The summed E-state index contributed by atoms with van der Waals surface area (Å²) in [5, 5.41) is 59.3. The van der Waals surface area contributed by atoms with E-state index in [0.29, 0.717) is 129 Å². The van der Waals surface area contributed by atoms with Gasteiger partial charge in [-0.2, -0.15) is 0 Å². The van der Waals surface area contributed by atoms with Gasteiger partial charge in [-0.05, 0) is 175 Å². The van der Waals surface area contributed by atoms with Gasteiger partial charge in [0.15, 0.2) is 23.8 Å². The standard InChI is InChI=1S/C70H114N20O12/c1-89(2)33-31-79-61(91)51-40-53(59(101-37-17-9-13-29-83-69(75)76)43-57(51)99-35-15-7-11-27-81-67(71)72)65(95)87-47-23-19-45(20-24-47)85-63(93)49-39-50(56(98-6)42-55(49)97-5)64(94)86-46-21-25-48(26-22-46)88-66(96)54-41-52(62(92)80-32-34-90(3)4)58(100-36-16-8-12-28-82-68(73)74)44-60(54)102-38-18-10-14-30-84-70(77)78/h39-48H,7-38H2,1-6H3,(H,79,91)(H,80,92)(H,85,93)(H,86,94)(H,87,95)(H,88,96)(H4,71,72,81)(H4,73,74,82)(H4,75,76,83)(H4,77,78,84)/t45-,46?,47-,48?. The van der Waals surface area contributed by atoms with Crippen LogP contribution >= 0.6 is 0 Å². The van der Waals surface area contributed by atoms with Crippen LogP contribution in [0.15, 0.2) is 36.4 Å². The van der Waals surface area contributed by atoms with Crippen LogP contribution in [0, 0.1) is 21.6 Å². The van der Waals surface area contributed by atoms with Crippen molar-refractivity contribution in [3.63, 3.8) is 0 Å². The molecular weight excluding hydrogens is 1310 g/mol. The normalized spacial score (nSPS) is 15.5. The molecule has 0 unspecified atom stereocenters. The van der Waals surface area contributed by atoms with E-state index in [0.717, 1.165) is 51.4 Å². The van der Waals surface area contributed by atoms with Gasteiger partial charge in [0.2, 0.25) is 0 Å². The quantitative estimate of drug-likeness (QED) is 0.0219. The number of rotatable bonds is 46. The van der Waals surface area contributed by atoms with E-state index in [1.165, 1.54) is 38.5 Å². The van der Waals surface area contributed by atoms with Gasteiger partial charge in [-0.15, -0.1) is 0 Å². The zero-order valence-corrected chi connectivity index (χ0v) is 60.5. The first-order valence-corrected chi connectivity index (χ1v) is 35.5. The maximum Gasteiger partial charge on any atom is 0.255 e. The number of amides is 6. The number of nitrogens with one attached hydrogen (secondary N) is 14. The zero-order chi connectivity index (χ0) is 74.3. The Morgan fingerprint density at radius 2 is 0.559 bits per heavy atom. The van der Waals surface area contributed by atoms with Gasteiger partial charge < -0.3 is 114 Å². The van der Waals surface area contributed by atoms with Crippen molar-refractivity contribution < 1.29 is 57.2 Å². The van der Waals surface area contributed by atoms with Crippen LogP contribution in [-0.4, -0.2) is 214 Å². The highest BCUT2D eigenvalue weighted by molar-refractivity contribution is 6.05. The van der Waals surface area contributed by atoms with Crippen LogP contribution in [-0.2, 0) is 0 Å². The van der Waals surface area contributed by atoms with Crippen molar-refractivity contribution in [1.82, 2.24) is 63.0 Å². The first-order chi connectivity index (χ1) is 49.0. The second kappa shape index (κ2) is 45.2. The molecule has 32 heteroatoms. The van der Waals surface area contributed by atoms with E-state index in [1.807, 2.05) is 38.0 Å². The smallest absolute Gasteiger partial charge is 0.255 e. The Morgan fingerprint density at radius 3 is 0.784 bits per heavy atom. The van der Waals surface area contributed by atoms with E-state index < -0.39 is 35.4 Å². The molecule has 2 saturated carbocycles. The maximum atomic E-state index is 14.4. The van der Waals surface area contributed by atoms with Crippen LogP contribution < -0.4 is 105 Å². The summed E-state index contributed by atoms with van der Waals surface area (Å²) < 4.78 is 36.4. The number of nitrogens with two attached hydrogens (primary N) is 4. The van der Waals surface area contributed by atoms with E-state index >= 15 is 0 Å². The number of hydrogen-bond donors (Lipinski definition) is 18. The molecular formula is C70H114N20O12. The minimum atomic E-state index is -0.467. The maximum absolute atomic E-state index is 14.4.